The van der Waals surface area contributed by atoms with Crippen LogP contribution >= 0.6 is 0 Å². The second kappa shape index (κ2) is 5.82. The van der Waals surface area contributed by atoms with Crippen LogP contribution in [0.2, 0.25) is 0 Å². The molecule has 4 rings (SSSR count). The smallest absolute Gasteiger partial charge is 0.227 e. The minimum absolute atomic E-state index is 0.0690. The molecule has 0 spiro atoms. The first-order valence-electron chi connectivity index (χ1n) is 8.38. The van der Waals surface area contributed by atoms with E-state index in [2.05, 4.69) is 30.3 Å². The van der Waals surface area contributed by atoms with Crippen molar-refractivity contribution in [2.75, 3.05) is 18.1 Å². The van der Waals surface area contributed by atoms with Crippen LogP contribution in [0.5, 0.6) is 0 Å². The van der Waals surface area contributed by atoms with Gasteiger partial charge in [0.2, 0.25) is 5.91 Å². The standard InChI is InChI=1S/C20H21NO2/c22-13-14-11-20(23)21(12-14)17-9-7-16(8-10-17)19-6-2-4-15-3-1-5-18(15)19/h2,4,6-10,14,22H,1,3,5,11-13H2. The summed E-state index contributed by atoms with van der Waals surface area (Å²) in [6.45, 7) is 0.700. The molecule has 118 valence electrons. The highest BCUT2D eigenvalue weighted by molar-refractivity contribution is 5.96. The van der Waals surface area contributed by atoms with E-state index in [-0.39, 0.29) is 18.4 Å². The first-order valence-corrected chi connectivity index (χ1v) is 8.38. The Labute approximate surface area is 136 Å². The maximum absolute atomic E-state index is 12.1. The summed E-state index contributed by atoms with van der Waals surface area (Å²) < 4.78 is 0. The van der Waals surface area contributed by atoms with Gasteiger partial charge < -0.3 is 10.0 Å². The van der Waals surface area contributed by atoms with Crippen molar-refractivity contribution in [3.05, 3.63) is 53.6 Å². The molecule has 1 atom stereocenters. The van der Waals surface area contributed by atoms with Crippen LogP contribution in [0, 0.1) is 5.92 Å². The van der Waals surface area contributed by atoms with E-state index >= 15 is 0 Å². The molecule has 1 fully saturated rings. The van der Waals surface area contributed by atoms with Gasteiger partial charge in [0.25, 0.3) is 0 Å². The van der Waals surface area contributed by atoms with Crippen LogP contribution in [0.1, 0.15) is 24.0 Å². The fourth-order valence-corrected chi connectivity index (χ4v) is 3.86. The van der Waals surface area contributed by atoms with E-state index in [0.29, 0.717) is 13.0 Å². The van der Waals surface area contributed by atoms with Crippen LogP contribution < -0.4 is 4.90 Å². The van der Waals surface area contributed by atoms with E-state index in [1.807, 2.05) is 12.1 Å². The van der Waals surface area contributed by atoms with Gasteiger partial charge in [-0.3, -0.25) is 4.79 Å². The SMILES string of the molecule is O=C1CC(CO)CN1c1ccc(-c2cccc3c2CCC3)cc1. The monoisotopic (exact) mass is 307 g/mol. The second-order valence-corrected chi connectivity index (χ2v) is 6.60. The molecule has 3 heteroatoms. The summed E-state index contributed by atoms with van der Waals surface area (Å²) in [7, 11) is 0. The number of hydrogen-bond donors (Lipinski definition) is 1. The lowest BCUT2D eigenvalue weighted by Gasteiger charge is -2.17. The molecule has 1 amide bonds. The fourth-order valence-electron chi connectivity index (χ4n) is 3.86. The molecule has 2 aromatic rings. The summed E-state index contributed by atoms with van der Waals surface area (Å²) in [5.74, 6) is 0.178. The predicted molar refractivity (Wildman–Crippen MR) is 91.4 cm³/mol. The zero-order valence-corrected chi connectivity index (χ0v) is 13.2. The molecule has 1 aliphatic carbocycles. The molecule has 3 nitrogen and oxygen atoms in total. The molecule has 0 bridgehead atoms. The maximum atomic E-state index is 12.1. The fraction of sp³-hybridized carbons (Fsp3) is 0.350. The van der Waals surface area contributed by atoms with Crippen LogP contribution in [0.4, 0.5) is 5.69 Å². The van der Waals surface area contributed by atoms with Crippen molar-refractivity contribution < 1.29 is 9.90 Å². The van der Waals surface area contributed by atoms with Crippen LogP contribution in [0.3, 0.4) is 0 Å². The highest BCUT2D eigenvalue weighted by atomic mass is 16.3. The van der Waals surface area contributed by atoms with Gasteiger partial charge in [0.1, 0.15) is 0 Å². The number of hydrogen-bond acceptors (Lipinski definition) is 2. The van der Waals surface area contributed by atoms with Crippen molar-refractivity contribution in [2.24, 2.45) is 5.92 Å². The van der Waals surface area contributed by atoms with Crippen molar-refractivity contribution in [1.82, 2.24) is 0 Å². The lowest BCUT2D eigenvalue weighted by molar-refractivity contribution is -0.117. The minimum Gasteiger partial charge on any atom is -0.396 e. The average molecular weight is 307 g/mol. The quantitative estimate of drug-likeness (QED) is 0.946. The number of amides is 1. The Morgan fingerprint density at radius 1 is 1.09 bits per heavy atom. The largest absolute Gasteiger partial charge is 0.396 e. The van der Waals surface area contributed by atoms with Gasteiger partial charge in [-0.1, -0.05) is 30.3 Å². The molecule has 1 heterocycles. The number of anilines is 1. The Morgan fingerprint density at radius 2 is 1.91 bits per heavy atom. The van der Waals surface area contributed by atoms with E-state index in [4.69, 9.17) is 0 Å². The molecule has 0 saturated carbocycles. The topological polar surface area (TPSA) is 40.5 Å². The van der Waals surface area contributed by atoms with E-state index in [1.54, 1.807) is 4.90 Å². The number of fused-ring (bicyclic) bond motifs is 1. The average Bonchev–Trinajstić information content (AvgIpc) is 3.21. The number of carbonyl (C=O) groups excluding carboxylic acids is 1. The molecule has 2 aliphatic rings. The first-order chi connectivity index (χ1) is 11.3. The molecule has 2 aromatic carbocycles. The number of nitrogens with zero attached hydrogens (tertiary/aromatic N) is 1. The number of aryl methyl sites for hydroxylation is 1. The summed E-state index contributed by atoms with van der Waals surface area (Å²) in [6, 6.07) is 14.9. The van der Waals surface area contributed by atoms with E-state index in [1.165, 1.54) is 35.1 Å². The molecular weight excluding hydrogens is 286 g/mol. The normalized spacial score (nSPS) is 20.1. The lowest BCUT2D eigenvalue weighted by atomic mass is 9.97. The highest BCUT2D eigenvalue weighted by Crippen LogP contribution is 2.34. The molecule has 1 N–H and O–H groups in total. The number of aliphatic hydroxyl groups excluding tert-OH is 1. The summed E-state index contributed by atoms with van der Waals surface area (Å²) in [5, 5.41) is 9.25. The Kier molecular flexibility index (Phi) is 3.66. The molecule has 0 radical (unpaired) electrons. The molecule has 1 saturated heterocycles. The number of aliphatic hydroxyl groups is 1. The van der Waals surface area contributed by atoms with Crippen LogP contribution in [-0.4, -0.2) is 24.2 Å². The molecule has 1 unspecified atom stereocenters. The first kappa shape index (κ1) is 14.5. The Bertz CT molecular complexity index is 736. The minimum atomic E-state index is 0.0690. The highest BCUT2D eigenvalue weighted by Gasteiger charge is 2.30. The van der Waals surface area contributed by atoms with Gasteiger partial charge in [-0.25, -0.2) is 0 Å². The van der Waals surface area contributed by atoms with Gasteiger partial charge in [0, 0.05) is 31.2 Å². The Morgan fingerprint density at radius 3 is 2.65 bits per heavy atom. The number of carbonyl (C=O) groups is 1. The van der Waals surface area contributed by atoms with Crippen molar-refractivity contribution in [1.29, 1.82) is 0 Å². The van der Waals surface area contributed by atoms with Crippen molar-refractivity contribution >= 4 is 11.6 Å². The third kappa shape index (κ3) is 2.55. The second-order valence-electron chi connectivity index (χ2n) is 6.60. The Balaban J connectivity index is 1.62. The van der Waals surface area contributed by atoms with E-state index < -0.39 is 0 Å². The molecule has 23 heavy (non-hydrogen) atoms. The maximum Gasteiger partial charge on any atom is 0.227 e. The van der Waals surface area contributed by atoms with Crippen molar-refractivity contribution in [2.45, 2.75) is 25.7 Å². The third-order valence-corrected chi connectivity index (χ3v) is 5.10. The summed E-state index contributed by atoms with van der Waals surface area (Å²) in [6.07, 6.45) is 4.04. The molecule has 0 aromatic heterocycles. The van der Waals surface area contributed by atoms with Crippen molar-refractivity contribution in [3.8, 4) is 11.1 Å². The zero-order chi connectivity index (χ0) is 15.8. The predicted octanol–water partition coefficient (Wildman–Crippen LogP) is 3.19. The van der Waals surface area contributed by atoms with Gasteiger partial charge in [-0.05, 0) is 53.6 Å². The van der Waals surface area contributed by atoms with E-state index in [9.17, 15) is 9.90 Å². The summed E-state index contributed by atoms with van der Waals surface area (Å²) in [5.41, 5.74) is 6.44. The van der Waals surface area contributed by atoms with E-state index in [0.717, 1.165) is 12.1 Å². The van der Waals surface area contributed by atoms with Gasteiger partial charge in [0.15, 0.2) is 0 Å². The molecule has 1 aliphatic heterocycles. The van der Waals surface area contributed by atoms with Crippen molar-refractivity contribution in [3.63, 3.8) is 0 Å². The summed E-state index contributed by atoms with van der Waals surface area (Å²) >= 11 is 0. The van der Waals surface area contributed by atoms with Gasteiger partial charge >= 0.3 is 0 Å². The van der Waals surface area contributed by atoms with Gasteiger partial charge in [-0.2, -0.15) is 0 Å². The summed E-state index contributed by atoms with van der Waals surface area (Å²) in [4.78, 5) is 13.9. The van der Waals surface area contributed by atoms with Gasteiger partial charge in [-0.15, -0.1) is 0 Å². The van der Waals surface area contributed by atoms with Crippen LogP contribution in [-0.2, 0) is 17.6 Å². The molecular formula is C20H21NO2. The van der Waals surface area contributed by atoms with Gasteiger partial charge in [0.05, 0.1) is 0 Å². The lowest BCUT2D eigenvalue weighted by Crippen LogP contribution is -2.24. The Hall–Kier alpha value is -2.13. The third-order valence-electron chi connectivity index (χ3n) is 5.10. The van der Waals surface area contributed by atoms with Crippen LogP contribution in [0.25, 0.3) is 11.1 Å². The number of benzene rings is 2. The number of rotatable bonds is 3. The van der Waals surface area contributed by atoms with Crippen LogP contribution in [0.15, 0.2) is 42.5 Å². The zero-order valence-electron chi connectivity index (χ0n) is 13.2.